The molecule has 0 bridgehead atoms. The van der Waals surface area contributed by atoms with Gasteiger partial charge in [0.25, 0.3) is 0 Å². The predicted molar refractivity (Wildman–Crippen MR) is 127 cm³/mol. The van der Waals surface area contributed by atoms with Crippen molar-refractivity contribution in [3.63, 3.8) is 0 Å². The minimum atomic E-state index is 0. The molecule has 5 nitrogen and oxygen atoms in total. The van der Waals surface area contributed by atoms with Crippen LogP contribution in [0.25, 0.3) is 0 Å². The SMILES string of the molecule is CN=C(NCCCCSC)NCC(c1ccc(C)s1)N1CCOCC1.I. The van der Waals surface area contributed by atoms with E-state index < -0.39 is 0 Å². The van der Waals surface area contributed by atoms with Gasteiger partial charge in [-0.1, -0.05) is 0 Å². The molecular weight excluding hydrogens is 479 g/mol. The Labute approximate surface area is 183 Å². The van der Waals surface area contributed by atoms with E-state index in [1.807, 2.05) is 30.1 Å². The maximum Gasteiger partial charge on any atom is 0.191 e. The number of thiophene rings is 1. The van der Waals surface area contributed by atoms with Crippen molar-refractivity contribution < 1.29 is 4.74 Å². The number of ether oxygens (including phenoxy) is 1. The molecule has 2 rings (SSSR count). The second-order valence-corrected chi connectivity index (χ2v) is 8.50. The lowest BCUT2D eigenvalue weighted by Gasteiger charge is -2.34. The van der Waals surface area contributed by atoms with Gasteiger partial charge in [0.05, 0.1) is 19.3 Å². The molecule has 1 aromatic heterocycles. The molecule has 1 saturated heterocycles. The number of aryl methyl sites for hydroxylation is 1. The highest BCUT2D eigenvalue weighted by Crippen LogP contribution is 2.27. The second-order valence-electron chi connectivity index (χ2n) is 6.19. The molecule has 1 atom stereocenters. The number of unbranched alkanes of at least 4 members (excludes halogenated alkanes) is 1. The molecule has 0 spiro atoms. The van der Waals surface area contributed by atoms with Crippen molar-refractivity contribution in [2.75, 3.05) is 58.4 Å². The molecule has 0 saturated carbocycles. The van der Waals surface area contributed by atoms with Crippen molar-refractivity contribution >= 4 is 53.0 Å². The first-order valence-corrected chi connectivity index (χ1v) is 11.3. The molecule has 8 heteroatoms. The van der Waals surface area contributed by atoms with Crippen LogP contribution in [0.5, 0.6) is 0 Å². The monoisotopic (exact) mass is 512 g/mol. The summed E-state index contributed by atoms with van der Waals surface area (Å²) in [6.45, 7) is 7.64. The first-order chi connectivity index (χ1) is 12.2. The fourth-order valence-electron chi connectivity index (χ4n) is 2.92. The molecular formula is C18H33IN4OS2. The number of guanidine groups is 1. The van der Waals surface area contributed by atoms with Gasteiger partial charge in [-0.2, -0.15) is 11.8 Å². The van der Waals surface area contributed by atoms with Gasteiger partial charge in [-0.3, -0.25) is 9.89 Å². The van der Waals surface area contributed by atoms with E-state index in [1.165, 1.54) is 28.3 Å². The summed E-state index contributed by atoms with van der Waals surface area (Å²) in [7, 11) is 1.84. The standard InChI is InChI=1S/C18H32N4OS2.HI/c1-15-6-7-17(25-15)16(22-9-11-23-12-10-22)14-21-18(19-2)20-8-4-5-13-24-3;/h6-7,16H,4-5,8-14H2,1-3H3,(H2,19,20,21);1H. The fourth-order valence-corrected chi connectivity index (χ4v) is 4.43. The average molecular weight is 513 g/mol. The number of nitrogens with zero attached hydrogens (tertiary/aromatic N) is 2. The van der Waals surface area contributed by atoms with Crippen LogP contribution in [0.1, 0.15) is 28.6 Å². The van der Waals surface area contributed by atoms with Crippen LogP contribution in [0.15, 0.2) is 17.1 Å². The molecule has 26 heavy (non-hydrogen) atoms. The summed E-state index contributed by atoms with van der Waals surface area (Å²) in [4.78, 5) is 9.68. The van der Waals surface area contributed by atoms with Gasteiger partial charge >= 0.3 is 0 Å². The zero-order valence-electron chi connectivity index (χ0n) is 16.1. The molecule has 2 N–H and O–H groups in total. The van der Waals surface area contributed by atoms with Crippen LogP contribution in [0.4, 0.5) is 0 Å². The molecule has 0 aliphatic carbocycles. The topological polar surface area (TPSA) is 48.9 Å². The lowest BCUT2D eigenvalue weighted by atomic mass is 10.2. The summed E-state index contributed by atoms with van der Waals surface area (Å²) in [5.41, 5.74) is 0. The zero-order valence-corrected chi connectivity index (χ0v) is 20.1. The van der Waals surface area contributed by atoms with Crippen molar-refractivity contribution in [1.82, 2.24) is 15.5 Å². The number of hydrogen-bond donors (Lipinski definition) is 2. The molecule has 2 heterocycles. The van der Waals surface area contributed by atoms with E-state index in [0.717, 1.165) is 45.4 Å². The van der Waals surface area contributed by atoms with Gasteiger partial charge < -0.3 is 15.4 Å². The highest BCUT2D eigenvalue weighted by Gasteiger charge is 2.24. The molecule has 1 aliphatic rings. The minimum Gasteiger partial charge on any atom is -0.379 e. The van der Waals surface area contributed by atoms with Crippen LogP contribution in [-0.4, -0.2) is 69.3 Å². The van der Waals surface area contributed by atoms with Gasteiger partial charge in [0.15, 0.2) is 5.96 Å². The van der Waals surface area contributed by atoms with E-state index in [0.29, 0.717) is 6.04 Å². The van der Waals surface area contributed by atoms with Gasteiger partial charge in [0.2, 0.25) is 0 Å². The third-order valence-corrected chi connectivity index (χ3v) is 6.13. The summed E-state index contributed by atoms with van der Waals surface area (Å²) in [5, 5.41) is 6.96. The van der Waals surface area contributed by atoms with Gasteiger partial charge in [0.1, 0.15) is 0 Å². The largest absolute Gasteiger partial charge is 0.379 e. The summed E-state index contributed by atoms with van der Waals surface area (Å²) in [6.07, 6.45) is 4.58. The van der Waals surface area contributed by atoms with Gasteiger partial charge in [-0.25, -0.2) is 0 Å². The quantitative estimate of drug-likeness (QED) is 0.230. The maximum absolute atomic E-state index is 5.53. The van der Waals surface area contributed by atoms with E-state index in [9.17, 15) is 0 Å². The Morgan fingerprint density at radius 2 is 2.08 bits per heavy atom. The van der Waals surface area contributed by atoms with Crippen LogP contribution in [0.3, 0.4) is 0 Å². The molecule has 1 aliphatic heterocycles. The van der Waals surface area contributed by atoms with Crippen LogP contribution < -0.4 is 10.6 Å². The molecule has 1 fully saturated rings. The maximum atomic E-state index is 5.53. The second kappa shape index (κ2) is 14.0. The Kier molecular flexibility index (Phi) is 13.0. The number of thioether (sulfide) groups is 1. The molecule has 0 aromatic carbocycles. The number of nitrogens with one attached hydrogen (secondary N) is 2. The molecule has 1 unspecified atom stereocenters. The Morgan fingerprint density at radius 3 is 2.69 bits per heavy atom. The number of rotatable bonds is 9. The first-order valence-electron chi connectivity index (χ1n) is 9.06. The summed E-state index contributed by atoms with van der Waals surface area (Å²) in [6, 6.07) is 4.85. The first kappa shape index (κ1) is 24.0. The summed E-state index contributed by atoms with van der Waals surface area (Å²) < 4.78 is 5.53. The van der Waals surface area contributed by atoms with Crippen LogP contribution in [-0.2, 0) is 4.74 Å². The van der Waals surface area contributed by atoms with Crippen molar-refractivity contribution in [2.24, 2.45) is 4.99 Å². The van der Waals surface area contributed by atoms with Crippen molar-refractivity contribution in [1.29, 1.82) is 0 Å². The van der Waals surface area contributed by atoms with E-state index in [-0.39, 0.29) is 24.0 Å². The number of aliphatic imine (C=N–C) groups is 1. The Morgan fingerprint density at radius 1 is 1.31 bits per heavy atom. The highest BCUT2D eigenvalue weighted by atomic mass is 127. The number of halogens is 1. The Balaban J connectivity index is 0.00000338. The fraction of sp³-hybridized carbons (Fsp3) is 0.722. The average Bonchev–Trinajstić information content (AvgIpc) is 3.07. The third-order valence-electron chi connectivity index (χ3n) is 4.33. The van der Waals surface area contributed by atoms with Crippen molar-refractivity contribution in [3.8, 4) is 0 Å². The van der Waals surface area contributed by atoms with Crippen LogP contribution >= 0.6 is 47.1 Å². The highest BCUT2D eigenvalue weighted by molar-refractivity contribution is 14.0. The molecule has 0 amide bonds. The predicted octanol–water partition coefficient (Wildman–Crippen LogP) is 3.36. The van der Waals surface area contributed by atoms with Gasteiger partial charge in [-0.15, -0.1) is 35.3 Å². The minimum absolute atomic E-state index is 0. The van der Waals surface area contributed by atoms with Crippen LogP contribution in [0.2, 0.25) is 0 Å². The van der Waals surface area contributed by atoms with Gasteiger partial charge in [0, 0.05) is 43.0 Å². The van der Waals surface area contributed by atoms with Gasteiger partial charge in [-0.05, 0) is 43.9 Å². The Hall–Kier alpha value is -0.0300. The smallest absolute Gasteiger partial charge is 0.191 e. The molecule has 150 valence electrons. The lowest BCUT2D eigenvalue weighted by Crippen LogP contribution is -2.46. The number of morpholine rings is 1. The lowest BCUT2D eigenvalue weighted by molar-refractivity contribution is 0.0177. The normalized spacial score (nSPS) is 16.8. The summed E-state index contributed by atoms with van der Waals surface area (Å²) in [5.74, 6) is 2.13. The molecule has 1 aromatic rings. The molecule has 0 radical (unpaired) electrons. The van der Waals surface area contributed by atoms with Crippen molar-refractivity contribution in [2.45, 2.75) is 25.8 Å². The van der Waals surface area contributed by atoms with E-state index in [1.54, 1.807) is 0 Å². The third kappa shape index (κ3) is 8.33. The number of hydrogen-bond acceptors (Lipinski definition) is 5. The van der Waals surface area contributed by atoms with E-state index >= 15 is 0 Å². The summed E-state index contributed by atoms with van der Waals surface area (Å²) >= 11 is 3.80. The van der Waals surface area contributed by atoms with Crippen LogP contribution in [0, 0.1) is 6.92 Å². The van der Waals surface area contributed by atoms with Crippen molar-refractivity contribution in [3.05, 3.63) is 21.9 Å². The Bertz CT molecular complexity index is 521. The zero-order chi connectivity index (χ0) is 17.9. The van der Waals surface area contributed by atoms with E-state index in [4.69, 9.17) is 4.74 Å². The van der Waals surface area contributed by atoms with E-state index in [2.05, 4.69) is 45.8 Å².